The molecular formula is C9H15NO2S. The minimum absolute atomic E-state index is 0.0808. The fourth-order valence-electron chi connectivity index (χ4n) is 1.60. The summed E-state index contributed by atoms with van der Waals surface area (Å²) in [5.41, 5.74) is 0. The standard InChI is InChI=1S/C9H15NO2S/c1-13-9(3-4-9)8(11)10-7-2-5-12-6-7/h7H,2-6H2,1H3,(H,10,11). The Kier molecular flexibility index (Phi) is 2.51. The number of rotatable bonds is 3. The number of carbonyl (C=O) groups is 1. The second-order valence-corrected chi connectivity index (χ2v) is 4.92. The Labute approximate surface area is 82.6 Å². The molecule has 1 amide bonds. The third kappa shape index (κ3) is 1.83. The van der Waals surface area contributed by atoms with E-state index in [1.165, 1.54) is 0 Å². The lowest BCUT2D eigenvalue weighted by Gasteiger charge is -2.16. The number of amides is 1. The van der Waals surface area contributed by atoms with Crippen molar-refractivity contribution in [2.24, 2.45) is 0 Å². The molecule has 2 rings (SSSR count). The zero-order valence-corrected chi connectivity index (χ0v) is 8.65. The van der Waals surface area contributed by atoms with Crippen LogP contribution in [0.2, 0.25) is 0 Å². The molecular weight excluding hydrogens is 186 g/mol. The van der Waals surface area contributed by atoms with E-state index in [0.29, 0.717) is 6.61 Å². The van der Waals surface area contributed by atoms with Crippen LogP contribution in [0.4, 0.5) is 0 Å². The van der Waals surface area contributed by atoms with Gasteiger partial charge in [0.15, 0.2) is 0 Å². The monoisotopic (exact) mass is 201 g/mol. The molecule has 2 aliphatic rings. The number of nitrogens with one attached hydrogen (secondary N) is 1. The summed E-state index contributed by atoms with van der Waals surface area (Å²) >= 11 is 1.68. The smallest absolute Gasteiger partial charge is 0.236 e. The second kappa shape index (κ2) is 3.50. The molecule has 0 bridgehead atoms. The largest absolute Gasteiger partial charge is 0.379 e. The van der Waals surface area contributed by atoms with Crippen LogP contribution in [0.1, 0.15) is 19.3 Å². The molecule has 13 heavy (non-hydrogen) atoms. The molecule has 0 aromatic heterocycles. The van der Waals surface area contributed by atoms with E-state index in [9.17, 15) is 4.79 Å². The lowest BCUT2D eigenvalue weighted by atomic mass is 10.2. The first-order valence-corrected chi connectivity index (χ1v) is 5.93. The molecule has 1 heterocycles. The number of hydrogen-bond donors (Lipinski definition) is 1. The van der Waals surface area contributed by atoms with E-state index in [-0.39, 0.29) is 16.7 Å². The van der Waals surface area contributed by atoms with Gasteiger partial charge in [-0.1, -0.05) is 0 Å². The van der Waals surface area contributed by atoms with E-state index in [4.69, 9.17) is 4.74 Å². The maximum Gasteiger partial charge on any atom is 0.236 e. The Balaban J connectivity index is 1.84. The fraction of sp³-hybridized carbons (Fsp3) is 0.889. The van der Waals surface area contributed by atoms with Crippen molar-refractivity contribution in [2.45, 2.75) is 30.1 Å². The minimum Gasteiger partial charge on any atom is -0.379 e. The minimum atomic E-state index is -0.0808. The highest BCUT2D eigenvalue weighted by Crippen LogP contribution is 2.47. The van der Waals surface area contributed by atoms with E-state index < -0.39 is 0 Å². The summed E-state index contributed by atoms with van der Waals surface area (Å²) < 4.78 is 5.12. The van der Waals surface area contributed by atoms with Gasteiger partial charge in [-0.15, -0.1) is 11.8 Å². The first-order chi connectivity index (χ1) is 6.27. The third-order valence-corrected chi connectivity index (χ3v) is 4.15. The molecule has 1 saturated heterocycles. The molecule has 0 spiro atoms. The van der Waals surface area contributed by atoms with E-state index >= 15 is 0 Å². The highest BCUT2D eigenvalue weighted by molar-refractivity contribution is 8.01. The number of ether oxygens (including phenoxy) is 1. The topological polar surface area (TPSA) is 38.3 Å². The summed E-state index contributed by atoms with van der Waals surface area (Å²) in [5, 5.41) is 3.05. The number of hydrogen-bond acceptors (Lipinski definition) is 3. The van der Waals surface area contributed by atoms with Crippen LogP contribution in [0.25, 0.3) is 0 Å². The SMILES string of the molecule is CSC1(C(=O)NC2CCOC2)CC1. The van der Waals surface area contributed by atoms with Crippen LogP contribution in [0.5, 0.6) is 0 Å². The predicted molar refractivity (Wildman–Crippen MR) is 52.8 cm³/mol. The molecule has 1 N–H and O–H groups in total. The molecule has 0 aromatic rings. The summed E-state index contributed by atoms with van der Waals surface area (Å²) in [6.07, 6.45) is 5.05. The summed E-state index contributed by atoms with van der Waals surface area (Å²) in [6, 6.07) is 0.261. The molecule has 0 radical (unpaired) electrons. The molecule has 2 fully saturated rings. The van der Waals surface area contributed by atoms with Gasteiger partial charge < -0.3 is 10.1 Å². The maximum atomic E-state index is 11.7. The first-order valence-electron chi connectivity index (χ1n) is 4.71. The van der Waals surface area contributed by atoms with Gasteiger partial charge in [-0.2, -0.15) is 0 Å². The van der Waals surface area contributed by atoms with Gasteiger partial charge in [0.1, 0.15) is 0 Å². The average molecular weight is 201 g/mol. The number of thioether (sulfide) groups is 1. The van der Waals surface area contributed by atoms with Crippen molar-refractivity contribution in [3.63, 3.8) is 0 Å². The summed E-state index contributed by atoms with van der Waals surface area (Å²) in [4.78, 5) is 11.7. The summed E-state index contributed by atoms with van der Waals surface area (Å²) in [7, 11) is 0. The molecule has 3 nitrogen and oxygen atoms in total. The lowest BCUT2D eigenvalue weighted by molar-refractivity contribution is -0.121. The van der Waals surface area contributed by atoms with Gasteiger partial charge >= 0.3 is 0 Å². The van der Waals surface area contributed by atoms with Crippen molar-refractivity contribution in [2.75, 3.05) is 19.5 Å². The average Bonchev–Trinajstić information content (AvgIpc) is 2.79. The van der Waals surface area contributed by atoms with Crippen molar-refractivity contribution >= 4 is 17.7 Å². The molecule has 1 atom stereocenters. The van der Waals surface area contributed by atoms with Crippen molar-refractivity contribution in [1.82, 2.24) is 5.32 Å². The lowest BCUT2D eigenvalue weighted by Crippen LogP contribution is -2.41. The van der Waals surface area contributed by atoms with Gasteiger partial charge in [0.2, 0.25) is 5.91 Å². The first kappa shape index (κ1) is 9.34. The van der Waals surface area contributed by atoms with Crippen LogP contribution in [-0.4, -0.2) is 36.2 Å². The molecule has 0 aromatic carbocycles. The molecule has 1 aliphatic carbocycles. The summed E-state index contributed by atoms with van der Waals surface area (Å²) in [6.45, 7) is 1.48. The van der Waals surface area contributed by atoms with Crippen molar-refractivity contribution in [3.8, 4) is 0 Å². The van der Waals surface area contributed by atoms with E-state index in [2.05, 4.69) is 5.32 Å². The number of carbonyl (C=O) groups excluding carboxylic acids is 1. The van der Waals surface area contributed by atoms with Gasteiger partial charge in [-0.05, 0) is 25.5 Å². The van der Waals surface area contributed by atoms with Gasteiger partial charge in [0.25, 0.3) is 0 Å². The van der Waals surface area contributed by atoms with Crippen LogP contribution < -0.4 is 5.32 Å². The van der Waals surface area contributed by atoms with Crippen molar-refractivity contribution in [1.29, 1.82) is 0 Å². The fourth-order valence-corrected chi connectivity index (χ4v) is 2.36. The van der Waals surface area contributed by atoms with Crippen molar-refractivity contribution in [3.05, 3.63) is 0 Å². The molecule has 74 valence electrons. The zero-order valence-electron chi connectivity index (χ0n) is 7.84. The van der Waals surface area contributed by atoms with Crippen LogP contribution in [0, 0.1) is 0 Å². The Morgan fingerprint density at radius 1 is 1.62 bits per heavy atom. The zero-order chi connectivity index (χ0) is 9.31. The van der Waals surface area contributed by atoms with Crippen molar-refractivity contribution < 1.29 is 9.53 Å². The normalized spacial score (nSPS) is 30.1. The van der Waals surface area contributed by atoms with Crippen LogP contribution >= 0.6 is 11.8 Å². The second-order valence-electron chi connectivity index (χ2n) is 3.73. The van der Waals surface area contributed by atoms with E-state index in [1.807, 2.05) is 6.26 Å². The van der Waals surface area contributed by atoms with Gasteiger partial charge in [0, 0.05) is 6.61 Å². The third-order valence-electron chi connectivity index (χ3n) is 2.77. The Morgan fingerprint density at radius 2 is 2.38 bits per heavy atom. The molecule has 1 aliphatic heterocycles. The molecule has 4 heteroatoms. The van der Waals surface area contributed by atoms with E-state index in [1.54, 1.807) is 11.8 Å². The highest BCUT2D eigenvalue weighted by Gasteiger charge is 2.49. The van der Waals surface area contributed by atoms with Crippen LogP contribution in [0.15, 0.2) is 0 Å². The quantitative estimate of drug-likeness (QED) is 0.733. The van der Waals surface area contributed by atoms with Gasteiger partial charge in [0.05, 0.1) is 17.4 Å². The molecule has 1 unspecified atom stereocenters. The maximum absolute atomic E-state index is 11.7. The van der Waals surface area contributed by atoms with E-state index in [0.717, 1.165) is 25.9 Å². The Bertz CT molecular complexity index is 210. The van der Waals surface area contributed by atoms with Gasteiger partial charge in [-0.25, -0.2) is 0 Å². The Morgan fingerprint density at radius 3 is 2.85 bits per heavy atom. The highest BCUT2D eigenvalue weighted by atomic mass is 32.2. The molecule has 1 saturated carbocycles. The summed E-state index contributed by atoms with van der Waals surface area (Å²) in [5.74, 6) is 0.218. The Hall–Kier alpha value is -0.220. The predicted octanol–water partition coefficient (Wildman–Crippen LogP) is 0.787. The van der Waals surface area contributed by atoms with Crippen LogP contribution in [-0.2, 0) is 9.53 Å². The van der Waals surface area contributed by atoms with Gasteiger partial charge in [-0.3, -0.25) is 4.79 Å². The van der Waals surface area contributed by atoms with Crippen LogP contribution in [0.3, 0.4) is 0 Å².